The van der Waals surface area contributed by atoms with Crippen molar-refractivity contribution < 1.29 is 19.4 Å². The fraction of sp³-hybridized carbons (Fsp3) is 0.467. The number of benzene rings is 1. The van der Waals surface area contributed by atoms with E-state index in [1.54, 1.807) is 24.3 Å². The number of likely N-dealkylation sites (tertiary alicyclic amines) is 1. The average molecular weight is 311 g/mol. The molecule has 0 N–H and O–H groups in total. The summed E-state index contributed by atoms with van der Waals surface area (Å²) < 4.78 is 5.01. The summed E-state index contributed by atoms with van der Waals surface area (Å²) in [5.74, 6) is -2.01. The maximum atomic E-state index is 12.2. The summed E-state index contributed by atoms with van der Waals surface area (Å²) in [4.78, 5) is 25.2. The van der Waals surface area contributed by atoms with Crippen LogP contribution in [-0.2, 0) is 14.3 Å². The molecule has 1 aliphatic rings. The van der Waals surface area contributed by atoms with Crippen LogP contribution in [0.5, 0.6) is 0 Å². The molecule has 0 saturated carbocycles. The molecule has 0 spiro atoms. The molecule has 0 aromatic heterocycles. The molecular formula is C15H17ClNO4-. The summed E-state index contributed by atoms with van der Waals surface area (Å²) in [5, 5.41) is 11.9. The van der Waals surface area contributed by atoms with Gasteiger partial charge >= 0.3 is 0 Å². The third-order valence-corrected chi connectivity index (χ3v) is 4.11. The molecule has 1 aromatic carbocycles. The maximum absolute atomic E-state index is 12.2. The molecule has 114 valence electrons. The first-order valence-corrected chi connectivity index (χ1v) is 7.17. The van der Waals surface area contributed by atoms with Crippen LogP contribution in [0.25, 0.3) is 0 Å². The monoisotopic (exact) mass is 310 g/mol. The largest absolute Gasteiger partial charge is 0.550 e. The van der Waals surface area contributed by atoms with Gasteiger partial charge in [-0.1, -0.05) is 29.8 Å². The van der Waals surface area contributed by atoms with Crippen LogP contribution in [0.15, 0.2) is 24.3 Å². The lowest BCUT2D eigenvalue weighted by molar-refractivity contribution is -0.314. The molecule has 1 heterocycles. The zero-order valence-corrected chi connectivity index (χ0v) is 12.5. The van der Waals surface area contributed by atoms with Crippen LogP contribution in [0.1, 0.15) is 24.4 Å². The van der Waals surface area contributed by atoms with Gasteiger partial charge in [0, 0.05) is 37.0 Å². The van der Waals surface area contributed by atoms with Crippen LogP contribution in [0, 0.1) is 5.92 Å². The van der Waals surface area contributed by atoms with Gasteiger partial charge in [0.2, 0.25) is 5.91 Å². The van der Waals surface area contributed by atoms with E-state index in [1.807, 2.05) is 0 Å². The average Bonchev–Trinajstić information content (AvgIpc) is 2.46. The summed E-state index contributed by atoms with van der Waals surface area (Å²) in [5.41, 5.74) is 0.637. The summed E-state index contributed by atoms with van der Waals surface area (Å²) in [6, 6.07) is 6.38. The second kappa shape index (κ2) is 6.91. The van der Waals surface area contributed by atoms with Crippen LogP contribution in [0.3, 0.4) is 0 Å². The van der Waals surface area contributed by atoms with E-state index in [9.17, 15) is 14.7 Å². The molecule has 0 bridgehead atoms. The molecule has 5 nitrogen and oxygen atoms in total. The quantitative estimate of drug-likeness (QED) is 0.814. The highest BCUT2D eigenvalue weighted by Crippen LogP contribution is 2.39. The molecule has 1 amide bonds. The van der Waals surface area contributed by atoms with Gasteiger partial charge < -0.3 is 19.5 Å². The molecule has 0 aliphatic carbocycles. The number of carbonyl (C=O) groups excluding carboxylic acids is 2. The van der Waals surface area contributed by atoms with E-state index >= 15 is 0 Å². The summed E-state index contributed by atoms with van der Waals surface area (Å²) in [6.07, 6.45) is 0.462. The van der Waals surface area contributed by atoms with Crippen molar-refractivity contribution in [2.45, 2.75) is 18.9 Å². The second-order valence-corrected chi connectivity index (χ2v) is 5.42. The Labute approximate surface area is 128 Å². The number of hydrogen-bond acceptors (Lipinski definition) is 4. The molecule has 1 saturated heterocycles. The predicted octanol–water partition coefficient (Wildman–Crippen LogP) is 1.02. The van der Waals surface area contributed by atoms with Gasteiger partial charge in [0.25, 0.3) is 0 Å². The minimum absolute atomic E-state index is 0.0885. The van der Waals surface area contributed by atoms with E-state index in [2.05, 4.69) is 0 Å². The molecule has 0 unspecified atom stereocenters. The first kappa shape index (κ1) is 15.8. The van der Waals surface area contributed by atoms with E-state index in [0.29, 0.717) is 23.7 Å². The maximum Gasteiger partial charge on any atom is 0.223 e. The Hall–Kier alpha value is -1.59. The van der Waals surface area contributed by atoms with Crippen LogP contribution in [0.2, 0.25) is 5.02 Å². The number of halogens is 1. The first-order valence-electron chi connectivity index (χ1n) is 6.80. The number of carboxylic acids is 1. The Kier molecular flexibility index (Phi) is 5.20. The highest BCUT2D eigenvalue weighted by molar-refractivity contribution is 6.31. The normalized spacial score (nSPS) is 22.4. The van der Waals surface area contributed by atoms with Gasteiger partial charge in [-0.05, 0) is 18.1 Å². The van der Waals surface area contributed by atoms with E-state index in [-0.39, 0.29) is 18.7 Å². The smallest absolute Gasteiger partial charge is 0.223 e. The molecule has 21 heavy (non-hydrogen) atoms. The Morgan fingerprint density at radius 3 is 2.81 bits per heavy atom. The number of carbonyl (C=O) groups is 2. The van der Waals surface area contributed by atoms with Gasteiger partial charge in [-0.25, -0.2) is 0 Å². The van der Waals surface area contributed by atoms with Gasteiger partial charge in [-0.15, -0.1) is 0 Å². The Bertz CT molecular complexity index is 534. The van der Waals surface area contributed by atoms with Gasteiger partial charge in [-0.2, -0.15) is 0 Å². The van der Waals surface area contributed by atoms with Crippen LogP contribution in [0.4, 0.5) is 0 Å². The van der Waals surface area contributed by atoms with Crippen molar-refractivity contribution in [2.75, 3.05) is 20.3 Å². The Balaban J connectivity index is 2.41. The molecule has 6 heteroatoms. The zero-order valence-electron chi connectivity index (χ0n) is 11.8. The third kappa shape index (κ3) is 3.36. The number of hydrogen-bond donors (Lipinski definition) is 0. The first-order chi connectivity index (χ1) is 10.1. The highest BCUT2D eigenvalue weighted by atomic mass is 35.5. The number of rotatable bonds is 5. The molecule has 1 fully saturated rings. The molecule has 2 rings (SSSR count). The minimum atomic E-state index is -1.16. The van der Waals surface area contributed by atoms with Gasteiger partial charge in [-0.3, -0.25) is 4.79 Å². The molecule has 2 atom stereocenters. The standard InChI is InChI=1S/C15H18ClNO4/c1-21-9-8-17-13(18)7-6-11(15(19)20)14(17)10-4-2-3-5-12(10)16/h2-5,11,14H,6-9H2,1H3,(H,19,20)/p-1/t11-,14+/m0/s1. The summed E-state index contributed by atoms with van der Waals surface area (Å²) in [6.45, 7) is 0.668. The number of nitrogens with zero attached hydrogens (tertiary/aromatic N) is 1. The Morgan fingerprint density at radius 1 is 1.48 bits per heavy atom. The number of aliphatic carboxylic acids is 1. The second-order valence-electron chi connectivity index (χ2n) is 5.01. The number of carboxylic acid groups (broad SMARTS) is 1. The van der Waals surface area contributed by atoms with Crippen molar-refractivity contribution in [1.82, 2.24) is 4.90 Å². The van der Waals surface area contributed by atoms with E-state index < -0.39 is 17.9 Å². The third-order valence-electron chi connectivity index (χ3n) is 3.77. The van der Waals surface area contributed by atoms with Crippen molar-refractivity contribution in [3.63, 3.8) is 0 Å². The Morgan fingerprint density at radius 2 is 2.19 bits per heavy atom. The lowest BCUT2D eigenvalue weighted by atomic mass is 9.84. The van der Waals surface area contributed by atoms with Crippen molar-refractivity contribution in [2.24, 2.45) is 5.92 Å². The van der Waals surface area contributed by atoms with E-state index in [4.69, 9.17) is 16.3 Å². The van der Waals surface area contributed by atoms with Crippen LogP contribution < -0.4 is 5.11 Å². The number of piperidine rings is 1. The van der Waals surface area contributed by atoms with Crippen LogP contribution >= 0.6 is 11.6 Å². The number of amides is 1. The van der Waals surface area contributed by atoms with Crippen molar-refractivity contribution in [1.29, 1.82) is 0 Å². The van der Waals surface area contributed by atoms with Crippen molar-refractivity contribution >= 4 is 23.5 Å². The lowest BCUT2D eigenvalue weighted by Gasteiger charge is -2.42. The van der Waals surface area contributed by atoms with Crippen molar-refractivity contribution in [3.8, 4) is 0 Å². The topological polar surface area (TPSA) is 69.7 Å². The van der Waals surface area contributed by atoms with Crippen molar-refractivity contribution in [3.05, 3.63) is 34.9 Å². The molecule has 1 aliphatic heterocycles. The summed E-state index contributed by atoms with van der Waals surface area (Å²) in [7, 11) is 1.54. The van der Waals surface area contributed by atoms with Crippen LogP contribution in [-0.4, -0.2) is 37.0 Å². The molecular weight excluding hydrogens is 294 g/mol. The minimum Gasteiger partial charge on any atom is -0.550 e. The highest BCUT2D eigenvalue weighted by Gasteiger charge is 2.38. The van der Waals surface area contributed by atoms with Gasteiger partial charge in [0.05, 0.1) is 12.6 Å². The van der Waals surface area contributed by atoms with E-state index in [1.165, 1.54) is 12.0 Å². The lowest BCUT2D eigenvalue weighted by Crippen LogP contribution is -2.49. The fourth-order valence-electron chi connectivity index (χ4n) is 2.75. The summed E-state index contributed by atoms with van der Waals surface area (Å²) >= 11 is 6.19. The molecule has 1 aromatic rings. The molecule has 0 radical (unpaired) electrons. The van der Waals surface area contributed by atoms with Gasteiger partial charge in [0.1, 0.15) is 0 Å². The predicted molar refractivity (Wildman–Crippen MR) is 75.5 cm³/mol. The zero-order chi connectivity index (χ0) is 15.4. The SMILES string of the molecule is COCCN1C(=O)CC[C@H](C(=O)[O-])[C@H]1c1ccccc1Cl. The number of ether oxygens (including phenoxy) is 1. The number of methoxy groups -OCH3 is 1. The van der Waals surface area contributed by atoms with E-state index in [0.717, 1.165) is 0 Å². The van der Waals surface area contributed by atoms with Gasteiger partial charge in [0.15, 0.2) is 0 Å². The fourth-order valence-corrected chi connectivity index (χ4v) is 3.00.